The topological polar surface area (TPSA) is 75.1 Å². The van der Waals surface area contributed by atoms with Crippen molar-refractivity contribution >= 4 is 34.5 Å². The second-order valence-corrected chi connectivity index (χ2v) is 5.72. The molecule has 0 unspecified atom stereocenters. The van der Waals surface area contributed by atoms with Crippen molar-refractivity contribution < 1.29 is 4.79 Å². The van der Waals surface area contributed by atoms with Crippen molar-refractivity contribution in [1.82, 2.24) is 24.9 Å². The molecule has 2 aromatic heterocycles. The van der Waals surface area contributed by atoms with Gasteiger partial charge in [0.15, 0.2) is 5.16 Å². The van der Waals surface area contributed by atoms with Crippen LogP contribution in [0.3, 0.4) is 0 Å². The molecule has 6 nitrogen and oxygen atoms in total. The van der Waals surface area contributed by atoms with Crippen LogP contribution in [0.15, 0.2) is 29.4 Å². The molecule has 104 valence electrons. The van der Waals surface area contributed by atoms with Crippen molar-refractivity contribution in [2.75, 3.05) is 5.75 Å². The molecule has 1 amide bonds. The lowest BCUT2D eigenvalue weighted by Gasteiger charge is -2.06. The van der Waals surface area contributed by atoms with Crippen molar-refractivity contribution in [1.29, 1.82) is 0 Å². The van der Waals surface area contributed by atoms with E-state index in [9.17, 15) is 4.79 Å². The number of aromatic nitrogens is 4. The van der Waals surface area contributed by atoms with Crippen LogP contribution in [0.25, 0.3) is 16.8 Å². The van der Waals surface area contributed by atoms with Crippen LogP contribution >= 0.6 is 11.8 Å². The number of nitrogens with zero attached hydrogens (tertiary/aromatic N) is 3. The minimum Gasteiger partial charge on any atom is -0.353 e. The largest absolute Gasteiger partial charge is 0.353 e. The zero-order chi connectivity index (χ0) is 14.1. The maximum absolute atomic E-state index is 11.7. The standard InChI is InChI=1S/C13H15N5OS/c1-8(2)14-11(19)7-20-13-17-16-12-15-9-5-3-4-6-10(9)18(12)13/h3-6,8H,7H2,1-2H3,(H,14,19)(H,15,16). The third kappa shape index (κ3) is 2.36. The number of fused-ring (bicyclic) bond motifs is 3. The van der Waals surface area contributed by atoms with Gasteiger partial charge in [-0.25, -0.2) is 10.1 Å². The normalized spacial score (nSPS) is 11.6. The molecule has 2 N–H and O–H groups in total. The first-order chi connectivity index (χ1) is 9.65. The van der Waals surface area contributed by atoms with E-state index in [1.165, 1.54) is 11.8 Å². The van der Waals surface area contributed by atoms with E-state index < -0.39 is 0 Å². The summed E-state index contributed by atoms with van der Waals surface area (Å²) in [7, 11) is 0. The van der Waals surface area contributed by atoms with E-state index in [1.807, 2.05) is 42.5 Å². The number of para-hydroxylation sites is 2. The van der Waals surface area contributed by atoms with Gasteiger partial charge in [-0.05, 0) is 26.0 Å². The van der Waals surface area contributed by atoms with Crippen LogP contribution in [-0.2, 0) is 4.79 Å². The van der Waals surface area contributed by atoms with E-state index in [2.05, 4.69) is 20.5 Å². The Morgan fingerprint density at radius 3 is 3.05 bits per heavy atom. The molecule has 0 radical (unpaired) electrons. The first kappa shape index (κ1) is 13.0. The molecule has 2 heterocycles. The number of benzene rings is 1. The van der Waals surface area contributed by atoms with E-state index in [0.717, 1.165) is 16.2 Å². The zero-order valence-electron chi connectivity index (χ0n) is 11.3. The minimum atomic E-state index is 0.00516. The van der Waals surface area contributed by atoms with Gasteiger partial charge >= 0.3 is 0 Å². The molecule has 0 fully saturated rings. The first-order valence-electron chi connectivity index (χ1n) is 6.39. The van der Waals surface area contributed by atoms with Crippen LogP contribution < -0.4 is 5.32 Å². The van der Waals surface area contributed by atoms with Gasteiger partial charge in [-0.2, -0.15) is 0 Å². The van der Waals surface area contributed by atoms with Crippen LogP contribution in [0.5, 0.6) is 0 Å². The summed E-state index contributed by atoms with van der Waals surface area (Å²) in [5.41, 5.74) is 1.90. The molecule has 7 heteroatoms. The Kier molecular flexibility index (Phi) is 3.35. The van der Waals surface area contributed by atoms with Crippen LogP contribution in [-0.4, -0.2) is 37.3 Å². The Balaban J connectivity index is 1.86. The highest BCUT2D eigenvalue weighted by atomic mass is 32.2. The lowest BCUT2D eigenvalue weighted by molar-refractivity contribution is -0.119. The molecular formula is C13H15N5OS. The fourth-order valence-electron chi connectivity index (χ4n) is 2.03. The molecule has 0 bridgehead atoms. The number of imidazole rings is 1. The van der Waals surface area contributed by atoms with E-state index in [0.29, 0.717) is 11.5 Å². The lowest BCUT2D eigenvalue weighted by atomic mass is 10.3. The number of amides is 1. The van der Waals surface area contributed by atoms with Gasteiger partial charge in [0.2, 0.25) is 11.7 Å². The molecule has 0 saturated heterocycles. The monoisotopic (exact) mass is 289 g/mol. The van der Waals surface area contributed by atoms with Crippen molar-refractivity contribution in [2.24, 2.45) is 0 Å². The van der Waals surface area contributed by atoms with Gasteiger partial charge in [0, 0.05) is 6.04 Å². The Bertz CT molecular complexity index is 760. The summed E-state index contributed by atoms with van der Waals surface area (Å²) in [6, 6.07) is 8.00. The molecule has 0 aliphatic rings. The molecule has 3 rings (SSSR count). The van der Waals surface area contributed by atoms with E-state index in [4.69, 9.17) is 0 Å². The van der Waals surface area contributed by atoms with Crippen LogP contribution in [0.4, 0.5) is 0 Å². The Hall–Kier alpha value is -2.02. The maximum atomic E-state index is 11.7. The summed E-state index contributed by atoms with van der Waals surface area (Å²) < 4.78 is 1.93. The van der Waals surface area contributed by atoms with Gasteiger partial charge in [0.25, 0.3) is 0 Å². The predicted octanol–water partition coefficient (Wildman–Crippen LogP) is 1.83. The highest BCUT2D eigenvalue weighted by molar-refractivity contribution is 7.99. The molecule has 0 atom stereocenters. The number of thioether (sulfide) groups is 1. The third-order valence-corrected chi connectivity index (χ3v) is 3.72. The average molecular weight is 289 g/mol. The van der Waals surface area contributed by atoms with Gasteiger partial charge in [-0.3, -0.25) is 9.20 Å². The summed E-state index contributed by atoms with van der Waals surface area (Å²) in [5, 5.41) is 10.7. The smallest absolute Gasteiger partial charge is 0.231 e. The van der Waals surface area contributed by atoms with E-state index >= 15 is 0 Å². The number of rotatable bonds is 4. The molecule has 0 spiro atoms. The van der Waals surface area contributed by atoms with Crippen molar-refractivity contribution in [2.45, 2.75) is 25.0 Å². The SMILES string of the molecule is CC(C)NC(=O)CSc1n[nH]c2nc3ccccc3n12. The Labute approximate surface area is 120 Å². The van der Waals surface area contributed by atoms with E-state index in [1.54, 1.807) is 0 Å². The number of hydrogen-bond acceptors (Lipinski definition) is 4. The van der Waals surface area contributed by atoms with E-state index in [-0.39, 0.29) is 11.9 Å². The van der Waals surface area contributed by atoms with Gasteiger partial charge in [0.1, 0.15) is 0 Å². The minimum absolute atomic E-state index is 0.00516. The molecule has 1 aromatic carbocycles. The molecular weight excluding hydrogens is 274 g/mol. The Morgan fingerprint density at radius 2 is 2.25 bits per heavy atom. The fourth-order valence-corrected chi connectivity index (χ4v) is 2.80. The number of H-pyrrole nitrogens is 1. The summed E-state index contributed by atoms with van der Waals surface area (Å²) in [6.45, 7) is 3.89. The Morgan fingerprint density at radius 1 is 1.45 bits per heavy atom. The maximum Gasteiger partial charge on any atom is 0.231 e. The summed E-state index contributed by atoms with van der Waals surface area (Å²) in [5.74, 6) is 1.04. The number of aromatic amines is 1. The summed E-state index contributed by atoms with van der Waals surface area (Å²) in [4.78, 5) is 16.1. The molecule has 0 aliphatic carbocycles. The third-order valence-electron chi connectivity index (χ3n) is 2.79. The second-order valence-electron chi connectivity index (χ2n) is 4.78. The molecule has 20 heavy (non-hydrogen) atoms. The number of hydrogen-bond donors (Lipinski definition) is 2. The number of nitrogens with one attached hydrogen (secondary N) is 2. The first-order valence-corrected chi connectivity index (χ1v) is 7.37. The lowest BCUT2D eigenvalue weighted by Crippen LogP contribution is -2.31. The second kappa shape index (κ2) is 5.16. The molecule has 3 aromatic rings. The van der Waals surface area contributed by atoms with Crippen LogP contribution in [0.1, 0.15) is 13.8 Å². The van der Waals surface area contributed by atoms with Gasteiger partial charge in [0.05, 0.1) is 16.8 Å². The summed E-state index contributed by atoms with van der Waals surface area (Å²) in [6.07, 6.45) is 0. The average Bonchev–Trinajstić information content (AvgIpc) is 2.94. The van der Waals surface area contributed by atoms with Gasteiger partial charge in [-0.1, -0.05) is 23.9 Å². The van der Waals surface area contributed by atoms with Crippen molar-refractivity contribution in [3.8, 4) is 0 Å². The molecule has 0 saturated carbocycles. The summed E-state index contributed by atoms with van der Waals surface area (Å²) >= 11 is 1.39. The van der Waals surface area contributed by atoms with Crippen molar-refractivity contribution in [3.63, 3.8) is 0 Å². The predicted molar refractivity (Wildman–Crippen MR) is 78.8 cm³/mol. The highest BCUT2D eigenvalue weighted by Gasteiger charge is 2.13. The highest BCUT2D eigenvalue weighted by Crippen LogP contribution is 2.22. The fraction of sp³-hybridized carbons (Fsp3) is 0.308. The van der Waals surface area contributed by atoms with Crippen LogP contribution in [0, 0.1) is 0 Å². The number of carbonyl (C=O) groups excluding carboxylic acids is 1. The molecule has 0 aliphatic heterocycles. The quantitative estimate of drug-likeness (QED) is 0.719. The van der Waals surface area contributed by atoms with Crippen LogP contribution in [0.2, 0.25) is 0 Å². The van der Waals surface area contributed by atoms with Crippen molar-refractivity contribution in [3.05, 3.63) is 24.3 Å². The number of carbonyl (C=O) groups is 1. The van der Waals surface area contributed by atoms with Gasteiger partial charge in [-0.15, -0.1) is 5.10 Å². The zero-order valence-corrected chi connectivity index (χ0v) is 12.1. The van der Waals surface area contributed by atoms with Gasteiger partial charge < -0.3 is 5.32 Å².